The van der Waals surface area contributed by atoms with E-state index < -0.39 is 18.0 Å². The van der Waals surface area contributed by atoms with E-state index in [0.717, 1.165) is 10.0 Å². The fraction of sp³-hybridized carbons (Fsp3) is 0.385. The maximum Gasteiger partial charge on any atom is 0.326 e. The third kappa shape index (κ3) is 5.18. The number of aryl methyl sites for hydroxylation is 1. The molecule has 20 heavy (non-hydrogen) atoms. The van der Waals surface area contributed by atoms with Gasteiger partial charge in [-0.1, -0.05) is 6.07 Å². The predicted octanol–water partition coefficient (Wildman–Crippen LogP) is 2.37. The monoisotopic (exact) mass is 344 g/mol. The first-order valence-corrected chi connectivity index (χ1v) is 6.78. The molecule has 0 saturated heterocycles. The van der Waals surface area contributed by atoms with Crippen molar-refractivity contribution in [3.05, 3.63) is 28.2 Å². The van der Waals surface area contributed by atoms with Crippen molar-refractivity contribution in [3.63, 3.8) is 0 Å². The number of urea groups is 1. The Balaban J connectivity index is 2.63. The summed E-state index contributed by atoms with van der Waals surface area (Å²) in [5.74, 6) is -1.10. The number of methoxy groups -OCH3 is 1. The van der Waals surface area contributed by atoms with Crippen LogP contribution in [0.15, 0.2) is 22.7 Å². The lowest BCUT2D eigenvalue weighted by Crippen LogP contribution is -2.43. The fourth-order valence-corrected chi connectivity index (χ4v) is 2.12. The molecule has 1 atom stereocenters. The van der Waals surface area contributed by atoms with Crippen LogP contribution in [-0.2, 0) is 9.53 Å². The van der Waals surface area contributed by atoms with Crippen molar-refractivity contribution in [2.45, 2.75) is 19.4 Å². The number of amides is 2. The molecular formula is C13H17BrN2O4. The first kappa shape index (κ1) is 16.5. The summed E-state index contributed by atoms with van der Waals surface area (Å²) in [6.07, 6.45) is 0.203. The maximum atomic E-state index is 11.8. The molecule has 1 rings (SSSR count). The number of carbonyl (C=O) groups excluding carboxylic acids is 1. The van der Waals surface area contributed by atoms with Gasteiger partial charge in [-0.05, 0) is 40.5 Å². The number of carbonyl (C=O) groups is 2. The van der Waals surface area contributed by atoms with Crippen LogP contribution >= 0.6 is 15.9 Å². The summed E-state index contributed by atoms with van der Waals surface area (Å²) in [6.45, 7) is 2.19. The van der Waals surface area contributed by atoms with Gasteiger partial charge >= 0.3 is 12.0 Å². The van der Waals surface area contributed by atoms with E-state index in [0.29, 0.717) is 5.69 Å². The van der Waals surface area contributed by atoms with Crippen LogP contribution in [0.4, 0.5) is 10.5 Å². The first-order valence-electron chi connectivity index (χ1n) is 5.99. The standard InChI is InChI=1S/C13H17BrN2O4/c1-8-3-4-10(9(14)7-8)15-13(19)16-11(12(17)18)5-6-20-2/h3-4,7,11H,5-6H2,1-2H3,(H,17,18)(H2,15,16,19). The highest BCUT2D eigenvalue weighted by Gasteiger charge is 2.19. The average Bonchev–Trinajstić information content (AvgIpc) is 2.37. The SMILES string of the molecule is COCCC(NC(=O)Nc1ccc(C)cc1Br)C(=O)O. The summed E-state index contributed by atoms with van der Waals surface area (Å²) < 4.78 is 5.54. The highest BCUT2D eigenvalue weighted by molar-refractivity contribution is 9.10. The molecule has 6 nitrogen and oxygen atoms in total. The van der Waals surface area contributed by atoms with Crippen LogP contribution in [0.2, 0.25) is 0 Å². The van der Waals surface area contributed by atoms with Crippen LogP contribution in [0.1, 0.15) is 12.0 Å². The largest absolute Gasteiger partial charge is 0.480 e. The molecule has 0 saturated carbocycles. The Morgan fingerprint density at radius 3 is 2.70 bits per heavy atom. The van der Waals surface area contributed by atoms with Gasteiger partial charge in [0.05, 0.1) is 5.69 Å². The zero-order chi connectivity index (χ0) is 15.1. The van der Waals surface area contributed by atoms with Crippen LogP contribution in [0.5, 0.6) is 0 Å². The Morgan fingerprint density at radius 2 is 2.15 bits per heavy atom. The topological polar surface area (TPSA) is 87.7 Å². The summed E-state index contributed by atoms with van der Waals surface area (Å²) in [5, 5.41) is 14.0. The Bertz CT molecular complexity index is 493. The zero-order valence-electron chi connectivity index (χ0n) is 11.3. The van der Waals surface area contributed by atoms with E-state index >= 15 is 0 Å². The van der Waals surface area contributed by atoms with Gasteiger partial charge in [-0.15, -0.1) is 0 Å². The Kier molecular flexibility index (Phi) is 6.47. The van der Waals surface area contributed by atoms with Crippen molar-refractivity contribution in [2.24, 2.45) is 0 Å². The van der Waals surface area contributed by atoms with Crippen LogP contribution in [0.3, 0.4) is 0 Å². The highest BCUT2D eigenvalue weighted by Crippen LogP contribution is 2.23. The molecular weight excluding hydrogens is 328 g/mol. The van der Waals surface area contributed by atoms with Gasteiger partial charge in [-0.3, -0.25) is 0 Å². The van der Waals surface area contributed by atoms with Crippen LogP contribution in [0.25, 0.3) is 0 Å². The van der Waals surface area contributed by atoms with Crippen molar-refractivity contribution in [2.75, 3.05) is 19.0 Å². The molecule has 3 N–H and O–H groups in total. The summed E-state index contributed by atoms with van der Waals surface area (Å²) >= 11 is 3.33. The van der Waals surface area contributed by atoms with Gasteiger partial charge in [0.1, 0.15) is 6.04 Å². The van der Waals surface area contributed by atoms with Crippen LogP contribution in [-0.4, -0.2) is 36.9 Å². The number of ether oxygens (including phenoxy) is 1. The van der Waals surface area contributed by atoms with E-state index in [2.05, 4.69) is 26.6 Å². The minimum absolute atomic E-state index is 0.203. The van der Waals surface area contributed by atoms with E-state index in [1.807, 2.05) is 19.1 Å². The third-order valence-electron chi connectivity index (χ3n) is 2.59. The van der Waals surface area contributed by atoms with Crippen molar-refractivity contribution < 1.29 is 19.4 Å². The number of halogens is 1. The Labute approximate surface area is 125 Å². The van der Waals surface area contributed by atoms with Crippen LogP contribution in [0, 0.1) is 6.92 Å². The second-order valence-electron chi connectivity index (χ2n) is 4.25. The van der Waals surface area contributed by atoms with E-state index in [9.17, 15) is 9.59 Å². The second-order valence-corrected chi connectivity index (χ2v) is 5.11. The van der Waals surface area contributed by atoms with Gasteiger partial charge in [0.25, 0.3) is 0 Å². The van der Waals surface area contributed by atoms with Gasteiger partial charge in [0.15, 0.2) is 0 Å². The molecule has 0 aliphatic carbocycles. The number of nitrogens with one attached hydrogen (secondary N) is 2. The van der Waals surface area contributed by atoms with Crippen molar-refractivity contribution in [3.8, 4) is 0 Å². The molecule has 1 aromatic carbocycles. The summed E-state index contributed by atoms with van der Waals surface area (Å²) in [4.78, 5) is 22.8. The Hall–Kier alpha value is -1.60. The first-order chi connectivity index (χ1) is 9.43. The normalized spacial score (nSPS) is 11.8. The maximum absolute atomic E-state index is 11.8. The van der Waals surface area contributed by atoms with Gasteiger partial charge < -0.3 is 20.5 Å². The molecule has 7 heteroatoms. The minimum atomic E-state index is -1.10. The van der Waals surface area contributed by atoms with Gasteiger partial charge in [0.2, 0.25) is 0 Å². The molecule has 0 spiro atoms. The number of carboxylic acid groups (broad SMARTS) is 1. The number of aliphatic carboxylic acids is 1. The van der Waals surface area contributed by atoms with Gasteiger partial charge in [-0.2, -0.15) is 0 Å². The van der Waals surface area contributed by atoms with Crippen molar-refractivity contribution in [1.29, 1.82) is 0 Å². The van der Waals surface area contributed by atoms with Crippen molar-refractivity contribution >= 4 is 33.6 Å². The van der Waals surface area contributed by atoms with Crippen LogP contribution < -0.4 is 10.6 Å². The average molecular weight is 345 g/mol. The molecule has 0 bridgehead atoms. The quantitative estimate of drug-likeness (QED) is 0.739. The molecule has 2 amide bonds. The smallest absolute Gasteiger partial charge is 0.326 e. The van der Waals surface area contributed by atoms with Gasteiger partial charge in [0, 0.05) is 24.6 Å². The molecule has 110 valence electrons. The van der Waals surface area contributed by atoms with E-state index in [-0.39, 0.29) is 13.0 Å². The van der Waals surface area contributed by atoms with Crippen molar-refractivity contribution in [1.82, 2.24) is 5.32 Å². The second kappa shape index (κ2) is 7.86. The molecule has 0 heterocycles. The summed E-state index contributed by atoms with van der Waals surface area (Å²) in [6, 6.07) is 3.89. The number of benzene rings is 1. The molecule has 0 radical (unpaired) electrons. The summed E-state index contributed by atoms with van der Waals surface area (Å²) in [7, 11) is 1.47. The summed E-state index contributed by atoms with van der Waals surface area (Å²) in [5.41, 5.74) is 1.62. The molecule has 1 aromatic rings. The number of anilines is 1. The minimum Gasteiger partial charge on any atom is -0.480 e. The van der Waals surface area contributed by atoms with E-state index in [4.69, 9.17) is 9.84 Å². The number of hydrogen-bond donors (Lipinski definition) is 3. The fourth-order valence-electron chi connectivity index (χ4n) is 1.53. The molecule has 0 aromatic heterocycles. The molecule has 0 aliphatic rings. The predicted molar refractivity (Wildman–Crippen MR) is 79.0 cm³/mol. The molecule has 0 aliphatic heterocycles. The number of hydrogen-bond acceptors (Lipinski definition) is 3. The number of carboxylic acids is 1. The third-order valence-corrected chi connectivity index (χ3v) is 3.24. The van der Waals surface area contributed by atoms with Gasteiger partial charge in [-0.25, -0.2) is 9.59 Å². The zero-order valence-corrected chi connectivity index (χ0v) is 12.9. The highest BCUT2D eigenvalue weighted by atomic mass is 79.9. The van der Waals surface area contributed by atoms with E-state index in [1.165, 1.54) is 7.11 Å². The van der Waals surface area contributed by atoms with E-state index in [1.54, 1.807) is 6.07 Å². The number of rotatable bonds is 6. The lowest BCUT2D eigenvalue weighted by Gasteiger charge is -2.15. The molecule has 0 fully saturated rings. The lowest BCUT2D eigenvalue weighted by atomic mass is 10.2. The Morgan fingerprint density at radius 1 is 1.45 bits per heavy atom. The molecule has 1 unspecified atom stereocenters. The lowest BCUT2D eigenvalue weighted by molar-refractivity contribution is -0.139.